The molecule has 0 heterocycles. The molecule has 0 spiro atoms. The normalized spacial score (nSPS) is 13.8. The lowest BCUT2D eigenvalue weighted by Gasteiger charge is -2.15. The number of amides is 1. The van der Waals surface area contributed by atoms with Gasteiger partial charge in [0.1, 0.15) is 0 Å². The summed E-state index contributed by atoms with van der Waals surface area (Å²) >= 11 is 0. The molecular formula is C14H28N2O3. The average molecular weight is 272 g/mol. The number of nitrogens with two attached hydrogens (primary N) is 1. The van der Waals surface area contributed by atoms with E-state index in [0.29, 0.717) is 31.7 Å². The van der Waals surface area contributed by atoms with E-state index in [1.165, 1.54) is 0 Å². The van der Waals surface area contributed by atoms with Crippen LogP contribution in [0.1, 0.15) is 58.8 Å². The van der Waals surface area contributed by atoms with Gasteiger partial charge < -0.3 is 16.2 Å². The molecule has 2 atom stereocenters. The Bertz CT molecular complexity index is 267. The number of rotatable bonds is 11. The highest BCUT2D eigenvalue weighted by molar-refractivity contribution is 5.75. The van der Waals surface area contributed by atoms with Crippen LogP contribution in [0.4, 0.5) is 0 Å². The minimum atomic E-state index is -0.748. The Hall–Kier alpha value is -1.10. The number of aliphatic carboxylic acids is 1. The third kappa shape index (κ3) is 11.7. The summed E-state index contributed by atoms with van der Waals surface area (Å²) in [5.74, 6) is -0.331. The lowest BCUT2D eigenvalue weighted by atomic mass is 9.94. The summed E-state index contributed by atoms with van der Waals surface area (Å²) in [4.78, 5) is 22.0. The molecule has 0 bridgehead atoms. The van der Waals surface area contributed by atoms with Crippen LogP contribution in [0.5, 0.6) is 0 Å². The smallest absolute Gasteiger partial charge is 0.303 e. The van der Waals surface area contributed by atoms with E-state index in [4.69, 9.17) is 10.8 Å². The van der Waals surface area contributed by atoms with Crippen molar-refractivity contribution in [3.8, 4) is 0 Å². The van der Waals surface area contributed by atoms with Crippen molar-refractivity contribution in [1.29, 1.82) is 0 Å². The maximum Gasteiger partial charge on any atom is 0.303 e. The molecule has 0 aromatic rings. The van der Waals surface area contributed by atoms with Gasteiger partial charge in [-0.1, -0.05) is 19.8 Å². The van der Waals surface area contributed by atoms with Gasteiger partial charge in [0.2, 0.25) is 5.91 Å². The lowest BCUT2D eigenvalue weighted by molar-refractivity contribution is -0.137. The van der Waals surface area contributed by atoms with Crippen molar-refractivity contribution in [3.05, 3.63) is 0 Å². The van der Waals surface area contributed by atoms with Crippen LogP contribution in [0.3, 0.4) is 0 Å². The minimum absolute atomic E-state index is 0.0331. The Balaban J connectivity index is 3.78. The SMILES string of the molecule is CCCC(CCNC(=O)CCC(C)N)CCC(=O)O. The summed E-state index contributed by atoms with van der Waals surface area (Å²) in [5.41, 5.74) is 5.59. The zero-order chi connectivity index (χ0) is 14.7. The highest BCUT2D eigenvalue weighted by Crippen LogP contribution is 2.17. The number of hydrogen-bond acceptors (Lipinski definition) is 3. The van der Waals surface area contributed by atoms with Gasteiger partial charge in [0, 0.05) is 25.4 Å². The summed E-state index contributed by atoms with van der Waals surface area (Å²) in [6.45, 7) is 4.60. The molecule has 0 aliphatic heterocycles. The molecule has 4 N–H and O–H groups in total. The predicted molar refractivity (Wildman–Crippen MR) is 75.8 cm³/mol. The van der Waals surface area contributed by atoms with Gasteiger partial charge in [-0.3, -0.25) is 9.59 Å². The van der Waals surface area contributed by atoms with Gasteiger partial charge in [-0.25, -0.2) is 0 Å². The third-order valence-corrected chi connectivity index (χ3v) is 3.16. The van der Waals surface area contributed by atoms with Crippen LogP contribution in [0.15, 0.2) is 0 Å². The highest BCUT2D eigenvalue weighted by Gasteiger charge is 2.11. The molecule has 112 valence electrons. The Morgan fingerprint density at radius 1 is 1.16 bits per heavy atom. The number of nitrogens with one attached hydrogen (secondary N) is 1. The van der Waals surface area contributed by atoms with Crippen LogP contribution in [0.25, 0.3) is 0 Å². The lowest BCUT2D eigenvalue weighted by Crippen LogP contribution is -2.27. The molecule has 0 saturated heterocycles. The third-order valence-electron chi connectivity index (χ3n) is 3.16. The standard InChI is InChI=1S/C14H28N2O3/c1-3-4-12(6-8-14(18)19)9-10-16-13(17)7-5-11(2)15/h11-12H,3-10,15H2,1-2H3,(H,16,17)(H,18,19). The monoisotopic (exact) mass is 272 g/mol. The molecule has 0 radical (unpaired) electrons. The molecule has 0 aliphatic rings. The molecule has 19 heavy (non-hydrogen) atoms. The van der Waals surface area contributed by atoms with E-state index in [9.17, 15) is 9.59 Å². The fraction of sp³-hybridized carbons (Fsp3) is 0.857. The topological polar surface area (TPSA) is 92.4 Å². The van der Waals surface area contributed by atoms with Crippen LogP contribution in [-0.2, 0) is 9.59 Å². The molecule has 0 rings (SSSR count). The van der Waals surface area contributed by atoms with Crippen LogP contribution in [0, 0.1) is 5.92 Å². The first-order valence-corrected chi connectivity index (χ1v) is 7.19. The molecule has 2 unspecified atom stereocenters. The van der Waals surface area contributed by atoms with Crippen molar-refractivity contribution in [1.82, 2.24) is 5.32 Å². The molecule has 1 amide bonds. The van der Waals surface area contributed by atoms with Crippen LogP contribution in [-0.4, -0.2) is 29.6 Å². The van der Waals surface area contributed by atoms with Gasteiger partial charge in [0.05, 0.1) is 0 Å². The Morgan fingerprint density at radius 2 is 1.84 bits per heavy atom. The Kier molecular flexibility index (Phi) is 10.2. The van der Waals surface area contributed by atoms with Gasteiger partial charge in [-0.05, 0) is 32.1 Å². The predicted octanol–water partition coefficient (Wildman–Crippen LogP) is 1.90. The van der Waals surface area contributed by atoms with Gasteiger partial charge in [0.25, 0.3) is 0 Å². The second-order valence-corrected chi connectivity index (χ2v) is 5.24. The van der Waals surface area contributed by atoms with Crippen molar-refractivity contribution in [2.75, 3.05) is 6.54 Å². The molecule has 0 saturated carbocycles. The first-order valence-electron chi connectivity index (χ1n) is 7.19. The number of carboxylic acids is 1. The van der Waals surface area contributed by atoms with Crippen molar-refractivity contribution >= 4 is 11.9 Å². The quantitative estimate of drug-likeness (QED) is 0.535. The van der Waals surface area contributed by atoms with Crippen molar-refractivity contribution in [2.45, 2.75) is 64.8 Å². The number of carbonyl (C=O) groups excluding carboxylic acids is 1. The molecule has 0 aromatic heterocycles. The summed E-state index contributed by atoms with van der Waals surface area (Å²) in [6.07, 6.45) is 4.98. The molecule has 5 nitrogen and oxygen atoms in total. The fourth-order valence-electron chi connectivity index (χ4n) is 2.03. The average Bonchev–Trinajstić information content (AvgIpc) is 2.33. The van der Waals surface area contributed by atoms with E-state index in [2.05, 4.69) is 12.2 Å². The largest absolute Gasteiger partial charge is 0.481 e. The summed E-state index contributed by atoms with van der Waals surface area (Å²) in [5, 5.41) is 11.6. The van der Waals surface area contributed by atoms with E-state index in [0.717, 1.165) is 19.3 Å². The van der Waals surface area contributed by atoms with Crippen molar-refractivity contribution in [3.63, 3.8) is 0 Å². The fourth-order valence-corrected chi connectivity index (χ4v) is 2.03. The van der Waals surface area contributed by atoms with Crippen LogP contribution in [0.2, 0.25) is 0 Å². The first-order chi connectivity index (χ1) is 8.95. The van der Waals surface area contributed by atoms with Crippen LogP contribution < -0.4 is 11.1 Å². The second kappa shape index (κ2) is 10.8. The minimum Gasteiger partial charge on any atom is -0.481 e. The number of hydrogen-bond donors (Lipinski definition) is 3. The summed E-state index contributed by atoms with van der Waals surface area (Å²) in [7, 11) is 0. The van der Waals surface area contributed by atoms with Gasteiger partial charge in [-0.15, -0.1) is 0 Å². The Labute approximate surface area is 115 Å². The maximum atomic E-state index is 11.5. The zero-order valence-electron chi connectivity index (χ0n) is 12.2. The van der Waals surface area contributed by atoms with E-state index in [-0.39, 0.29) is 18.4 Å². The summed E-state index contributed by atoms with van der Waals surface area (Å²) < 4.78 is 0. The van der Waals surface area contributed by atoms with Crippen molar-refractivity contribution < 1.29 is 14.7 Å². The molecule has 0 aliphatic carbocycles. The van der Waals surface area contributed by atoms with Gasteiger partial charge in [0.15, 0.2) is 0 Å². The zero-order valence-corrected chi connectivity index (χ0v) is 12.2. The van der Waals surface area contributed by atoms with E-state index in [1.807, 2.05) is 6.92 Å². The van der Waals surface area contributed by atoms with E-state index in [1.54, 1.807) is 0 Å². The van der Waals surface area contributed by atoms with Gasteiger partial charge in [-0.2, -0.15) is 0 Å². The van der Waals surface area contributed by atoms with Gasteiger partial charge >= 0.3 is 5.97 Å². The highest BCUT2D eigenvalue weighted by atomic mass is 16.4. The second-order valence-electron chi connectivity index (χ2n) is 5.24. The Morgan fingerprint density at radius 3 is 2.37 bits per heavy atom. The van der Waals surface area contributed by atoms with Crippen LogP contribution >= 0.6 is 0 Å². The molecular weight excluding hydrogens is 244 g/mol. The van der Waals surface area contributed by atoms with E-state index >= 15 is 0 Å². The number of carbonyl (C=O) groups is 2. The molecule has 0 aromatic carbocycles. The molecule has 0 fully saturated rings. The van der Waals surface area contributed by atoms with Crippen molar-refractivity contribution in [2.24, 2.45) is 11.7 Å². The van der Waals surface area contributed by atoms with E-state index < -0.39 is 5.97 Å². The summed E-state index contributed by atoms with van der Waals surface area (Å²) in [6, 6.07) is 0.0501. The first kappa shape index (κ1) is 17.9. The maximum absolute atomic E-state index is 11.5. The number of carboxylic acid groups (broad SMARTS) is 1. The molecule has 5 heteroatoms.